The van der Waals surface area contributed by atoms with E-state index in [-0.39, 0.29) is 24.6 Å². The Kier molecular flexibility index (Phi) is 3.69. The molecular weight excluding hydrogens is 296 g/mol. The van der Waals surface area contributed by atoms with Crippen LogP contribution in [-0.2, 0) is 11.3 Å². The van der Waals surface area contributed by atoms with E-state index in [1.54, 1.807) is 30.3 Å². The second kappa shape index (κ2) is 5.81. The molecule has 1 heterocycles. The molecule has 6 nitrogen and oxygen atoms in total. The minimum absolute atomic E-state index is 0.0876. The normalized spacial score (nSPS) is 13.0. The minimum Gasteiger partial charge on any atom is -0.482 e. The summed E-state index contributed by atoms with van der Waals surface area (Å²) >= 11 is 0. The number of anilines is 1. The Labute approximate surface area is 132 Å². The van der Waals surface area contributed by atoms with Crippen LogP contribution in [0.25, 0.3) is 0 Å². The number of aromatic carboxylic acids is 1. The number of carboxylic acid groups (broad SMARTS) is 1. The van der Waals surface area contributed by atoms with Crippen LogP contribution in [0.15, 0.2) is 42.5 Å². The van der Waals surface area contributed by atoms with Crippen LogP contribution in [0.5, 0.6) is 5.75 Å². The number of ether oxygens (including phenoxy) is 1. The van der Waals surface area contributed by atoms with Crippen molar-refractivity contribution in [2.24, 2.45) is 0 Å². The van der Waals surface area contributed by atoms with Crippen LogP contribution in [0, 0.1) is 11.3 Å². The number of carbonyl (C=O) groups excluding carboxylic acids is 1. The first kappa shape index (κ1) is 14.6. The summed E-state index contributed by atoms with van der Waals surface area (Å²) < 4.78 is 5.35. The third-order valence-corrected chi connectivity index (χ3v) is 3.57. The molecule has 0 spiro atoms. The molecule has 0 bridgehead atoms. The van der Waals surface area contributed by atoms with E-state index in [1.165, 1.54) is 17.0 Å². The van der Waals surface area contributed by atoms with Crippen LogP contribution in [-0.4, -0.2) is 23.6 Å². The summed E-state index contributed by atoms with van der Waals surface area (Å²) in [5.41, 5.74) is 1.90. The van der Waals surface area contributed by atoms with Crippen molar-refractivity contribution in [1.82, 2.24) is 0 Å². The Morgan fingerprint density at radius 3 is 2.65 bits per heavy atom. The molecule has 0 aromatic heterocycles. The molecule has 0 unspecified atom stereocenters. The molecule has 6 heteroatoms. The highest BCUT2D eigenvalue weighted by molar-refractivity contribution is 5.99. The summed E-state index contributed by atoms with van der Waals surface area (Å²) in [7, 11) is 0. The molecule has 23 heavy (non-hydrogen) atoms. The number of carbonyl (C=O) groups is 2. The molecular formula is C17H12N2O4. The third kappa shape index (κ3) is 2.85. The Bertz CT molecular complexity index is 821. The first-order valence-electron chi connectivity index (χ1n) is 6.88. The van der Waals surface area contributed by atoms with E-state index in [0.717, 1.165) is 5.56 Å². The summed E-state index contributed by atoms with van der Waals surface area (Å²) in [6.07, 6.45) is 0. The predicted octanol–water partition coefficient (Wildman–Crippen LogP) is 2.18. The number of benzene rings is 2. The zero-order valence-electron chi connectivity index (χ0n) is 12.0. The van der Waals surface area contributed by atoms with E-state index in [1.807, 2.05) is 6.07 Å². The molecule has 0 aliphatic carbocycles. The number of nitriles is 1. The highest BCUT2D eigenvalue weighted by Gasteiger charge is 2.26. The molecule has 0 saturated heterocycles. The maximum absolute atomic E-state index is 12.2. The lowest BCUT2D eigenvalue weighted by Gasteiger charge is -2.29. The highest BCUT2D eigenvalue weighted by Crippen LogP contribution is 2.34. The second-order valence-corrected chi connectivity index (χ2v) is 5.06. The third-order valence-electron chi connectivity index (χ3n) is 3.57. The van der Waals surface area contributed by atoms with Crippen LogP contribution >= 0.6 is 0 Å². The van der Waals surface area contributed by atoms with Crippen LogP contribution in [0.1, 0.15) is 21.5 Å². The highest BCUT2D eigenvalue weighted by atomic mass is 16.5. The quantitative estimate of drug-likeness (QED) is 0.938. The minimum atomic E-state index is -1.07. The van der Waals surface area contributed by atoms with Crippen molar-refractivity contribution in [2.45, 2.75) is 6.54 Å². The van der Waals surface area contributed by atoms with Gasteiger partial charge in [-0.3, -0.25) is 4.79 Å². The van der Waals surface area contributed by atoms with Gasteiger partial charge in [0.1, 0.15) is 5.75 Å². The smallest absolute Gasteiger partial charge is 0.335 e. The van der Waals surface area contributed by atoms with Crippen molar-refractivity contribution in [3.63, 3.8) is 0 Å². The molecule has 3 rings (SSSR count). The maximum atomic E-state index is 12.2. The van der Waals surface area contributed by atoms with Crippen LogP contribution < -0.4 is 9.64 Å². The molecule has 0 radical (unpaired) electrons. The predicted molar refractivity (Wildman–Crippen MR) is 81.2 cm³/mol. The van der Waals surface area contributed by atoms with E-state index in [9.17, 15) is 9.59 Å². The van der Waals surface area contributed by atoms with Gasteiger partial charge in [0.15, 0.2) is 6.61 Å². The first-order chi connectivity index (χ1) is 11.1. The molecule has 114 valence electrons. The van der Waals surface area contributed by atoms with Gasteiger partial charge in [0, 0.05) is 0 Å². The van der Waals surface area contributed by atoms with E-state index >= 15 is 0 Å². The van der Waals surface area contributed by atoms with Crippen LogP contribution in [0.4, 0.5) is 5.69 Å². The summed E-state index contributed by atoms with van der Waals surface area (Å²) in [5, 5.41) is 17.9. The standard InChI is InChI=1S/C17H12N2O4/c18-8-11-1-3-12(4-2-11)9-19-14-7-13(17(21)22)5-6-15(14)23-10-16(19)20/h1-7H,9-10H2,(H,21,22). The van der Waals surface area contributed by atoms with Gasteiger partial charge >= 0.3 is 5.97 Å². The second-order valence-electron chi connectivity index (χ2n) is 5.06. The zero-order chi connectivity index (χ0) is 16.4. The summed E-state index contributed by atoms with van der Waals surface area (Å²) in [6.45, 7) is 0.194. The van der Waals surface area contributed by atoms with Gasteiger partial charge in [-0.15, -0.1) is 0 Å². The lowest BCUT2D eigenvalue weighted by Crippen LogP contribution is -2.38. The van der Waals surface area contributed by atoms with Gasteiger partial charge in [0.25, 0.3) is 5.91 Å². The van der Waals surface area contributed by atoms with E-state index in [4.69, 9.17) is 15.1 Å². The number of hydrogen-bond donors (Lipinski definition) is 1. The van der Waals surface area contributed by atoms with Gasteiger partial charge < -0.3 is 14.7 Å². The van der Waals surface area contributed by atoms with Gasteiger partial charge in [-0.1, -0.05) is 12.1 Å². The monoisotopic (exact) mass is 308 g/mol. The molecule has 2 aromatic rings. The van der Waals surface area contributed by atoms with Crippen molar-refractivity contribution < 1.29 is 19.4 Å². The fourth-order valence-electron chi connectivity index (χ4n) is 2.38. The number of nitrogens with zero attached hydrogens (tertiary/aromatic N) is 2. The molecule has 1 aliphatic heterocycles. The van der Waals surface area contributed by atoms with Gasteiger partial charge in [-0.25, -0.2) is 4.79 Å². The molecule has 1 aliphatic rings. The zero-order valence-corrected chi connectivity index (χ0v) is 12.0. The van der Waals surface area contributed by atoms with Gasteiger partial charge in [-0.05, 0) is 35.9 Å². The lowest BCUT2D eigenvalue weighted by atomic mass is 10.1. The molecule has 1 N–H and O–H groups in total. The number of fused-ring (bicyclic) bond motifs is 1. The van der Waals surface area contributed by atoms with Crippen molar-refractivity contribution in [3.8, 4) is 11.8 Å². The number of carboxylic acids is 1. The van der Waals surface area contributed by atoms with E-state index in [2.05, 4.69) is 0 Å². The fourth-order valence-corrected chi connectivity index (χ4v) is 2.38. The average molecular weight is 308 g/mol. The van der Waals surface area contributed by atoms with E-state index < -0.39 is 5.97 Å². The average Bonchev–Trinajstić information content (AvgIpc) is 2.57. The number of rotatable bonds is 3. The molecule has 0 saturated carbocycles. The van der Waals surface area contributed by atoms with Crippen LogP contribution in [0.2, 0.25) is 0 Å². The Balaban J connectivity index is 1.95. The molecule has 1 amide bonds. The van der Waals surface area contributed by atoms with Crippen molar-refractivity contribution in [3.05, 3.63) is 59.2 Å². The van der Waals surface area contributed by atoms with Gasteiger partial charge in [-0.2, -0.15) is 5.26 Å². The van der Waals surface area contributed by atoms with Crippen LogP contribution in [0.3, 0.4) is 0 Å². The Hall–Kier alpha value is -3.33. The van der Waals surface area contributed by atoms with E-state index in [0.29, 0.717) is 17.0 Å². The number of amides is 1. The topological polar surface area (TPSA) is 90.6 Å². The fraction of sp³-hybridized carbons (Fsp3) is 0.118. The SMILES string of the molecule is N#Cc1ccc(CN2C(=O)COc3ccc(C(=O)O)cc32)cc1. The summed E-state index contributed by atoms with van der Waals surface area (Å²) in [4.78, 5) is 24.8. The largest absolute Gasteiger partial charge is 0.482 e. The molecule has 0 atom stereocenters. The Morgan fingerprint density at radius 2 is 2.00 bits per heavy atom. The summed E-state index contributed by atoms with van der Waals surface area (Å²) in [5.74, 6) is -0.836. The van der Waals surface area contributed by atoms with Gasteiger partial charge in [0.05, 0.1) is 29.4 Å². The maximum Gasteiger partial charge on any atom is 0.335 e. The van der Waals surface area contributed by atoms with Crippen molar-refractivity contribution in [2.75, 3.05) is 11.5 Å². The lowest BCUT2D eigenvalue weighted by molar-refractivity contribution is -0.121. The summed E-state index contributed by atoms with van der Waals surface area (Å²) in [6, 6.07) is 13.3. The number of hydrogen-bond acceptors (Lipinski definition) is 4. The van der Waals surface area contributed by atoms with Crippen molar-refractivity contribution in [1.29, 1.82) is 5.26 Å². The molecule has 2 aromatic carbocycles. The Morgan fingerprint density at radius 1 is 1.26 bits per heavy atom. The van der Waals surface area contributed by atoms with Crippen molar-refractivity contribution >= 4 is 17.6 Å². The van der Waals surface area contributed by atoms with Gasteiger partial charge in [0.2, 0.25) is 0 Å². The first-order valence-corrected chi connectivity index (χ1v) is 6.88. The molecule has 0 fully saturated rings.